The van der Waals surface area contributed by atoms with E-state index in [-0.39, 0.29) is 16.6 Å². The number of hydrogen-bond donors (Lipinski definition) is 2. The first-order valence-corrected chi connectivity index (χ1v) is 8.00. The van der Waals surface area contributed by atoms with Crippen LogP contribution in [0.25, 0.3) is 11.0 Å². The SMILES string of the molecule is CC(NC(=O)c1ccc(Cl)cc1Cl)c1nc2ccc([N+](=O)[O-])cc2[nH]1. The molecule has 25 heavy (non-hydrogen) atoms. The second-order valence-corrected chi connectivity index (χ2v) is 6.24. The van der Waals surface area contributed by atoms with E-state index in [1.807, 2.05) is 0 Å². The average molecular weight is 379 g/mol. The Morgan fingerprint density at radius 3 is 2.72 bits per heavy atom. The summed E-state index contributed by atoms with van der Waals surface area (Å²) >= 11 is 11.9. The molecule has 1 amide bonds. The Morgan fingerprint density at radius 2 is 2.04 bits per heavy atom. The van der Waals surface area contributed by atoms with Crippen molar-refractivity contribution < 1.29 is 9.72 Å². The standard InChI is InChI=1S/C16H12Cl2N4O3/c1-8(19-16(23)11-4-2-9(17)6-12(11)18)15-20-13-5-3-10(22(24)25)7-14(13)21-15/h2-8H,1H3,(H,19,23)(H,20,21). The fourth-order valence-corrected chi connectivity index (χ4v) is 2.85. The Bertz CT molecular complexity index is 987. The summed E-state index contributed by atoms with van der Waals surface area (Å²) in [5, 5.41) is 14.3. The molecule has 0 aliphatic heterocycles. The molecule has 0 bridgehead atoms. The van der Waals surface area contributed by atoms with Crippen LogP contribution in [0.1, 0.15) is 29.1 Å². The Labute approximate surface area is 152 Å². The van der Waals surface area contributed by atoms with Crippen molar-refractivity contribution in [2.75, 3.05) is 0 Å². The second-order valence-electron chi connectivity index (χ2n) is 5.40. The number of imidazole rings is 1. The van der Waals surface area contributed by atoms with Crippen molar-refractivity contribution in [3.63, 3.8) is 0 Å². The number of nitro groups is 1. The summed E-state index contributed by atoms with van der Waals surface area (Å²) < 4.78 is 0. The lowest BCUT2D eigenvalue weighted by Gasteiger charge is -2.12. The smallest absolute Gasteiger partial charge is 0.271 e. The second kappa shape index (κ2) is 6.70. The molecule has 2 N–H and O–H groups in total. The van der Waals surface area contributed by atoms with Crippen molar-refractivity contribution in [3.05, 3.63) is 67.9 Å². The van der Waals surface area contributed by atoms with Crippen LogP contribution in [-0.4, -0.2) is 20.8 Å². The molecule has 7 nitrogen and oxygen atoms in total. The molecule has 0 fully saturated rings. The van der Waals surface area contributed by atoms with Crippen LogP contribution in [-0.2, 0) is 0 Å². The van der Waals surface area contributed by atoms with Gasteiger partial charge in [0.2, 0.25) is 0 Å². The van der Waals surface area contributed by atoms with Gasteiger partial charge >= 0.3 is 0 Å². The third-order valence-corrected chi connectivity index (χ3v) is 4.18. The maximum Gasteiger partial charge on any atom is 0.271 e. The molecular formula is C16H12Cl2N4O3. The van der Waals surface area contributed by atoms with Crippen molar-refractivity contribution >= 4 is 45.8 Å². The molecule has 1 heterocycles. The molecular weight excluding hydrogens is 367 g/mol. The van der Waals surface area contributed by atoms with Crippen LogP contribution < -0.4 is 5.32 Å². The Hall–Kier alpha value is -2.64. The first-order valence-electron chi connectivity index (χ1n) is 7.25. The predicted octanol–water partition coefficient (Wildman–Crippen LogP) is 4.27. The number of aromatic nitrogens is 2. The molecule has 0 saturated carbocycles. The van der Waals surface area contributed by atoms with E-state index in [1.54, 1.807) is 19.1 Å². The van der Waals surface area contributed by atoms with Crippen molar-refractivity contribution in [3.8, 4) is 0 Å². The highest BCUT2D eigenvalue weighted by atomic mass is 35.5. The number of hydrogen-bond acceptors (Lipinski definition) is 4. The van der Waals surface area contributed by atoms with E-state index in [2.05, 4.69) is 15.3 Å². The molecule has 9 heteroatoms. The summed E-state index contributed by atoms with van der Waals surface area (Å²) in [4.78, 5) is 30.0. The summed E-state index contributed by atoms with van der Waals surface area (Å²) in [7, 11) is 0. The number of halogens is 2. The summed E-state index contributed by atoms with van der Waals surface area (Å²) in [6.07, 6.45) is 0. The van der Waals surface area contributed by atoms with Crippen LogP contribution in [0.2, 0.25) is 10.0 Å². The van der Waals surface area contributed by atoms with Gasteiger partial charge in [-0.25, -0.2) is 4.98 Å². The van der Waals surface area contributed by atoms with Gasteiger partial charge in [0.25, 0.3) is 11.6 Å². The Balaban J connectivity index is 1.83. The number of aromatic amines is 1. The number of nitrogens with one attached hydrogen (secondary N) is 2. The Morgan fingerprint density at radius 1 is 1.28 bits per heavy atom. The van der Waals surface area contributed by atoms with Gasteiger partial charge in [-0.05, 0) is 31.2 Å². The third-order valence-electron chi connectivity index (χ3n) is 3.63. The molecule has 0 radical (unpaired) electrons. The van der Waals surface area contributed by atoms with Crippen molar-refractivity contribution in [1.29, 1.82) is 0 Å². The molecule has 1 unspecified atom stereocenters. The maximum atomic E-state index is 12.3. The van der Waals surface area contributed by atoms with E-state index in [0.29, 0.717) is 27.4 Å². The first-order chi connectivity index (χ1) is 11.8. The monoisotopic (exact) mass is 378 g/mol. The van der Waals surface area contributed by atoms with Gasteiger partial charge in [0.15, 0.2) is 0 Å². The van der Waals surface area contributed by atoms with Crippen molar-refractivity contribution in [2.45, 2.75) is 13.0 Å². The number of benzene rings is 2. The normalized spacial score (nSPS) is 12.1. The minimum atomic E-state index is -0.478. The number of carbonyl (C=O) groups excluding carboxylic acids is 1. The zero-order valence-corrected chi connectivity index (χ0v) is 14.4. The zero-order chi connectivity index (χ0) is 18.1. The predicted molar refractivity (Wildman–Crippen MR) is 95.1 cm³/mol. The highest BCUT2D eigenvalue weighted by molar-refractivity contribution is 6.36. The van der Waals surface area contributed by atoms with E-state index < -0.39 is 11.0 Å². The number of non-ortho nitro benzene ring substituents is 1. The molecule has 0 saturated heterocycles. The first kappa shape index (κ1) is 17.2. The molecule has 3 rings (SSSR count). The van der Waals surface area contributed by atoms with Gasteiger partial charge < -0.3 is 10.3 Å². The van der Waals surface area contributed by atoms with Crippen molar-refractivity contribution in [1.82, 2.24) is 15.3 Å². The van der Waals surface area contributed by atoms with E-state index in [4.69, 9.17) is 23.2 Å². The van der Waals surface area contributed by atoms with Crippen LogP contribution in [0, 0.1) is 10.1 Å². The maximum absolute atomic E-state index is 12.3. The summed E-state index contributed by atoms with van der Waals surface area (Å²) in [5.74, 6) is 0.106. The number of nitro benzene ring substituents is 1. The van der Waals surface area contributed by atoms with E-state index in [1.165, 1.54) is 24.3 Å². The molecule has 0 spiro atoms. The van der Waals surface area contributed by atoms with Crippen LogP contribution in [0.4, 0.5) is 5.69 Å². The van der Waals surface area contributed by atoms with E-state index in [9.17, 15) is 14.9 Å². The van der Waals surface area contributed by atoms with Gasteiger partial charge in [-0.3, -0.25) is 14.9 Å². The van der Waals surface area contributed by atoms with Gasteiger partial charge in [0, 0.05) is 17.2 Å². The van der Waals surface area contributed by atoms with Crippen molar-refractivity contribution in [2.24, 2.45) is 0 Å². The Kier molecular flexibility index (Phi) is 4.61. The molecule has 3 aromatic rings. The number of nitrogens with zero attached hydrogens (tertiary/aromatic N) is 2. The lowest BCUT2D eigenvalue weighted by atomic mass is 10.2. The molecule has 1 atom stereocenters. The van der Waals surface area contributed by atoms with Gasteiger partial charge in [0.05, 0.1) is 32.6 Å². The van der Waals surface area contributed by atoms with Gasteiger partial charge in [0.1, 0.15) is 5.82 Å². The van der Waals surface area contributed by atoms with Gasteiger partial charge in [-0.15, -0.1) is 0 Å². The lowest BCUT2D eigenvalue weighted by molar-refractivity contribution is -0.384. The zero-order valence-electron chi connectivity index (χ0n) is 12.9. The molecule has 2 aromatic carbocycles. The van der Waals surface area contributed by atoms with E-state index >= 15 is 0 Å². The molecule has 1 aromatic heterocycles. The van der Waals surface area contributed by atoms with Crippen LogP contribution >= 0.6 is 23.2 Å². The minimum Gasteiger partial charge on any atom is -0.342 e. The topological polar surface area (TPSA) is 101 Å². The highest BCUT2D eigenvalue weighted by Crippen LogP contribution is 2.23. The minimum absolute atomic E-state index is 0.0349. The van der Waals surface area contributed by atoms with Gasteiger partial charge in [-0.1, -0.05) is 23.2 Å². The number of H-pyrrole nitrogens is 1. The number of rotatable bonds is 4. The van der Waals surface area contributed by atoms with Crippen LogP contribution in [0.5, 0.6) is 0 Å². The molecule has 0 aliphatic rings. The summed E-state index contributed by atoms with van der Waals surface area (Å²) in [5.41, 5.74) is 1.36. The summed E-state index contributed by atoms with van der Waals surface area (Å²) in [6.45, 7) is 1.74. The van der Waals surface area contributed by atoms with Crippen LogP contribution in [0.3, 0.4) is 0 Å². The van der Waals surface area contributed by atoms with Gasteiger partial charge in [-0.2, -0.15) is 0 Å². The highest BCUT2D eigenvalue weighted by Gasteiger charge is 2.18. The number of fused-ring (bicyclic) bond motifs is 1. The van der Waals surface area contributed by atoms with E-state index in [0.717, 1.165) is 0 Å². The number of amides is 1. The summed E-state index contributed by atoms with van der Waals surface area (Å²) in [6, 6.07) is 8.48. The quantitative estimate of drug-likeness (QED) is 0.522. The fourth-order valence-electron chi connectivity index (χ4n) is 2.35. The third kappa shape index (κ3) is 3.57. The van der Waals surface area contributed by atoms with Crippen LogP contribution in [0.15, 0.2) is 36.4 Å². The fraction of sp³-hybridized carbons (Fsp3) is 0.125. The average Bonchev–Trinajstić information content (AvgIpc) is 2.97. The number of carbonyl (C=O) groups is 1. The lowest BCUT2D eigenvalue weighted by Crippen LogP contribution is -2.27. The molecule has 128 valence electrons. The molecule has 0 aliphatic carbocycles. The largest absolute Gasteiger partial charge is 0.342 e.